The molecule has 1 N–H and O–H groups in total. The zero-order valence-corrected chi connectivity index (χ0v) is 6.28. The molecule has 1 heterocycles. The number of hydrogen-bond acceptors (Lipinski definition) is 2. The Hall–Kier alpha value is -0.770. The fraction of sp³-hybridized carbons (Fsp3) is 1.00. The maximum atomic E-state index is 8.18. The predicted octanol–water partition coefficient (Wildman–Crippen LogP) is -0.960. The Bertz CT molecular complexity index is 151. The Morgan fingerprint density at radius 2 is 2.50 bits per heavy atom. The molecule has 5 heteroatoms. The van der Waals surface area contributed by atoms with Crippen molar-refractivity contribution in [2.24, 2.45) is 5.11 Å². The van der Waals surface area contributed by atoms with Gasteiger partial charge in [0.25, 0.3) is 0 Å². The molecule has 1 rings (SSSR count). The summed E-state index contributed by atoms with van der Waals surface area (Å²) in [6, 6.07) is 0. The Balaban J connectivity index is 2.62. The average molecular weight is 142 g/mol. The highest BCUT2D eigenvalue weighted by atomic mass is 15.5. The molecule has 0 aromatic carbocycles. The fourth-order valence-corrected chi connectivity index (χ4v) is 1.22. The summed E-state index contributed by atoms with van der Waals surface area (Å²) in [6.45, 7) is 2.07. The molecule has 0 bridgehead atoms. The minimum atomic E-state index is 0.00463. The van der Waals surface area contributed by atoms with Crippen LogP contribution in [0.4, 0.5) is 0 Å². The Labute approximate surface area is 59.8 Å². The van der Waals surface area contributed by atoms with Gasteiger partial charge in [-0.2, -0.15) is 0 Å². The van der Waals surface area contributed by atoms with Crippen LogP contribution >= 0.6 is 0 Å². The third-order valence-corrected chi connectivity index (χ3v) is 1.88. The molecule has 0 aromatic heterocycles. The van der Waals surface area contributed by atoms with Gasteiger partial charge in [-0.1, -0.05) is 0 Å². The van der Waals surface area contributed by atoms with Crippen molar-refractivity contribution >= 4 is 0 Å². The van der Waals surface area contributed by atoms with Crippen LogP contribution in [-0.4, -0.2) is 38.4 Å². The van der Waals surface area contributed by atoms with Crippen LogP contribution in [0.3, 0.4) is 0 Å². The van der Waals surface area contributed by atoms with E-state index in [0.29, 0.717) is 0 Å². The van der Waals surface area contributed by atoms with Gasteiger partial charge in [-0.25, -0.2) is 4.90 Å². The number of quaternary nitrogens is 1. The van der Waals surface area contributed by atoms with Crippen molar-refractivity contribution in [2.75, 3.05) is 27.2 Å². The van der Waals surface area contributed by atoms with Gasteiger partial charge >= 0.3 is 0 Å². The van der Waals surface area contributed by atoms with E-state index in [0.717, 1.165) is 13.1 Å². The molecule has 10 heavy (non-hydrogen) atoms. The van der Waals surface area contributed by atoms with Gasteiger partial charge in [0.05, 0.1) is 20.1 Å². The molecule has 0 aliphatic carbocycles. The van der Waals surface area contributed by atoms with Crippen molar-refractivity contribution in [1.29, 1.82) is 0 Å². The Morgan fingerprint density at radius 1 is 1.80 bits per heavy atom. The first-order chi connectivity index (χ1) is 4.75. The van der Waals surface area contributed by atoms with Gasteiger partial charge in [0.15, 0.2) is 0 Å². The van der Waals surface area contributed by atoms with Crippen molar-refractivity contribution in [1.82, 2.24) is 4.90 Å². The average Bonchev–Trinajstić information content (AvgIpc) is 2.20. The number of rotatable bonds is 1. The van der Waals surface area contributed by atoms with Gasteiger partial charge < -0.3 is 4.90 Å². The number of likely N-dealkylation sites (N-methyl/N-ethyl adjacent to an activating group) is 2. The number of hydrogen-bond donors (Lipinski definition) is 1. The van der Waals surface area contributed by atoms with Crippen molar-refractivity contribution in [3.05, 3.63) is 10.4 Å². The zero-order valence-electron chi connectivity index (χ0n) is 6.28. The molecule has 1 aliphatic rings. The molecule has 2 atom stereocenters. The molecule has 0 spiro atoms. The first kappa shape index (κ1) is 7.34. The number of nitrogens with zero attached hydrogens (tertiary/aromatic N) is 4. The third-order valence-electron chi connectivity index (χ3n) is 1.88. The van der Waals surface area contributed by atoms with Gasteiger partial charge in [0, 0.05) is 4.91 Å². The highest BCUT2D eigenvalue weighted by Crippen LogP contribution is 1.94. The molecule has 0 saturated carbocycles. The van der Waals surface area contributed by atoms with Crippen molar-refractivity contribution in [3.63, 3.8) is 0 Å². The molecule has 2 unspecified atom stereocenters. The van der Waals surface area contributed by atoms with Gasteiger partial charge in [-0.3, -0.25) is 0 Å². The summed E-state index contributed by atoms with van der Waals surface area (Å²) >= 11 is 0. The standard InChI is InChI=1S/C5H11N5/c1-9-3-4-10(2)5(9)7-8-6/h5H,3-4H2,1-2H3/p+1. The normalized spacial score (nSPS) is 33.8. The second-order valence-corrected chi connectivity index (χ2v) is 2.66. The molecule has 0 aromatic rings. The van der Waals surface area contributed by atoms with E-state index in [1.807, 2.05) is 14.1 Å². The molecule has 1 saturated heterocycles. The monoisotopic (exact) mass is 142 g/mol. The van der Waals surface area contributed by atoms with E-state index < -0.39 is 0 Å². The molecular weight excluding hydrogens is 130 g/mol. The van der Waals surface area contributed by atoms with Crippen molar-refractivity contribution in [3.8, 4) is 0 Å². The summed E-state index contributed by atoms with van der Waals surface area (Å²) in [6.07, 6.45) is 0.00463. The van der Waals surface area contributed by atoms with Crippen LogP contribution in [0.2, 0.25) is 0 Å². The first-order valence-electron chi connectivity index (χ1n) is 3.32. The van der Waals surface area contributed by atoms with E-state index >= 15 is 0 Å². The summed E-state index contributed by atoms with van der Waals surface area (Å²) in [5, 5.41) is 3.66. The van der Waals surface area contributed by atoms with Crippen LogP contribution in [0, 0.1) is 0 Å². The van der Waals surface area contributed by atoms with Crippen LogP contribution in [0.5, 0.6) is 0 Å². The lowest BCUT2D eigenvalue weighted by Crippen LogP contribution is -3.11. The lowest BCUT2D eigenvalue weighted by atomic mass is 10.6. The van der Waals surface area contributed by atoms with Crippen molar-refractivity contribution in [2.45, 2.75) is 6.29 Å². The largest absolute Gasteiger partial charge is 0.316 e. The van der Waals surface area contributed by atoms with Crippen LogP contribution in [0.1, 0.15) is 0 Å². The SMILES string of the molecule is CN1CC[NH+](C)C1N=[N+]=[N-]. The summed E-state index contributed by atoms with van der Waals surface area (Å²) in [5.41, 5.74) is 8.18. The maximum absolute atomic E-state index is 8.18. The zero-order chi connectivity index (χ0) is 7.56. The summed E-state index contributed by atoms with van der Waals surface area (Å²) < 4.78 is 0. The van der Waals surface area contributed by atoms with Crippen LogP contribution in [0.25, 0.3) is 10.4 Å². The summed E-state index contributed by atoms with van der Waals surface area (Å²) in [7, 11) is 4.00. The van der Waals surface area contributed by atoms with E-state index in [4.69, 9.17) is 5.53 Å². The second-order valence-electron chi connectivity index (χ2n) is 2.66. The topological polar surface area (TPSA) is 56.4 Å². The van der Waals surface area contributed by atoms with Crippen LogP contribution < -0.4 is 4.90 Å². The Morgan fingerprint density at radius 3 is 2.90 bits per heavy atom. The molecule has 0 amide bonds. The Kier molecular flexibility index (Phi) is 2.11. The summed E-state index contributed by atoms with van der Waals surface area (Å²) in [5.74, 6) is 0. The second kappa shape index (κ2) is 2.88. The van der Waals surface area contributed by atoms with E-state index in [1.165, 1.54) is 4.90 Å². The van der Waals surface area contributed by atoms with Crippen molar-refractivity contribution < 1.29 is 4.90 Å². The maximum Gasteiger partial charge on any atom is 0.226 e. The fourth-order valence-electron chi connectivity index (χ4n) is 1.22. The van der Waals surface area contributed by atoms with Crippen LogP contribution in [0.15, 0.2) is 5.11 Å². The smallest absolute Gasteiger partial charge is 0.226 e. The van der Waals surface area contributed by atoms with Gasteiger partial charge in [0.2, 0.25) is 6.29 Å². The minimum Gasteiger partial charge on any atom is -0.316 e. The molecule has 1 fully saturated rings. The highest BCUT2D eigenvalue weighted by molar-refractivity contribution is 4.60. The van der Waals surface area contributed by atoms with E-state index in [2.05, 4.69) is 14.9 Å². The van der Waals surface area contributed by atoms with E-state index in [9.17, 15) is 0 Å². The number of azide groups is 1. The summed E-state index contributed by atoms with van der Waals surface area (Å²) in [4.78, 5) is 6.10. The van der Waals surface area contributed by atoms with Crippen LogP contribution in [-0.2, 0) is 0 Å². The first-order valence-corrected chi connectivity index (χ1v) is 3.32. The number of nitrogens with one attached hydrogen (secondary N) is 1. The molecule has 5 nitrogen and oxygen atoms in total. The van der Waals surface area contributed by atoms with E-state index in [-0.39, 0.29) is 6.29 Å². The minimum absolute atomic E-state index is 0.00463. The van der Waals surface area contributed by atoms with Gasteiger partial charge in [-0.05, 0) is 17.7 Å². The van der Waals surface area contributed by atoms with Gasteiger partial charge in [0.1, 0.15) is 0 Å². The molecule has 1 aliphatic heterocycles. The molecule has 0 radical (unpaired) electrons. The van der Waals surface area contributed by atoms with E-state index in [1.54, 1.807) is 0 Å². The van der Waals surface area contributed by atoms with Gasteiger partial charge in [-0.15, -0.1) is 0 Å². The molecular formula is C5H12N5+. The predicted molar refractivity (Wildman–Crippen MR) is 37.3 cm³/mol. The lowest BCUT2D eigenvalue weighted by molar-refractivity contribution is -0.897. The highest BCUT2D eigenvalue weighted by Gasteiger charge is 2.28. The third kappa shape index (κ3) is 1.21. The lowest BCUT2D eigenvalue weighted by Gasteiger charge is -2.14. The molecule has 56 valence electrons. The quantitative estimate of drug-likeness (QED) is 0.286.